The van der Waals surface area contributed by atoms with E-state index in [-0.39, 0.29) is 0 Å². The number of rotatable bonds is 6. The van der Waals surface area contributed by atoms with Crippen molar-refractivity contribution in [2.24, 2.45) is 0 Å². The van der Waals surface area contributed by atoms with E-state index in [2.05, 4.69) is 46.5 Å². The van der Waals surface area contributed by atoms with Crippen LogP contribution in [0.3, 0.4) is 0 Å². The quantitative estimate of drug-likeness (QED) is 0.746. The predicted octanol–water partition coefficient (Wildman–Crippen LogP) is 2.30. The Kier molecular flexibility index (Phi) is 4.33. The lowest BCUT2D eigenvalue weighted by atomic mass is 10.1. The second kappa shape index (κ2) is 6.21. The average molecular weight is 229 g/mol. The highest BCUT2D eigenvalue weighted by atomic mass is 14.9. The van der Waals surface area contributed by atoms with E-state index in [1.54, 1.807) is 6.20 Å². The van der Waals surface area contributed by atoms with Crippen LogP contribution in [0.2, 0.25) is 0 Å². The average Bonchev–Trinajstić information content (AvgIpc) is 2.88. The Balaban J connectivity index is 1.78. The Morgan fingerprint density at radius 3 is 2.76 bits per heavy atom. The summed E-state index contributed by atoms with van der Waals surface area (Å²) in [5.41, 5.74) is 2.83. The lowest BCUT2D eigenvalue weighted by Gasteiger charge is -2.08. The molecule has 1 aromatic heterocycles. The molecule has 0 spiro atoms. The van der Waals surface area contributed by atoms with Gasteiger partial charge in [-0.3, -0.25) is 0 Å². The zero-order chi connectivity index (χ0) is 11.9. The van der Waals surface area contributed by atoms with Crippen molar-refractivity contribution in [3.05, 3.63) is 53.6 Å². The Morgan fingerprint density at radius 1 is 1.24 bits per heavy atom. The van der Waals surface area contributed by atoms with Crippen molar-refractivity contribution >= 4 is 0 Å². The van der Waals surface area contributed by atoms with Crippen LogP contribution in [0.4, 0.5) is 0 Å². The normalized spacial score (nSPS) is 10.6. The van der Waals surface area contributed by atoms with Gasteiger partial charge in [0, 0.05) is 31.9 Å². The van der Waals surface area contributed by atoms with Gasteiger partial charge in [-0.2, -0.15) is 0 Å². The smallest absolute Gasteiger partial charge is 0.107 e. The Morgan fingerprint density at radius 2 is 2.06 bits per heavy atom. The van der Waals surface area contributed by atoms with Crippen LogP contribution in [-0.4, -0.2) is 16.5 Å². The molecule has 0 unspecified atom stereocenters. The van der Waals surface area contributed by atoms with Gasteiger partial charge in [-0.05, 0) is 17.5 Å². The molecule has 90 valence electrons. The molecule has 0 radical (unpaired) electrons. The first-order valence-corrected chi connectivity index (χ1v) is 6.16. The standard InChI is InChI=1S/C14H19N3/c1-2-12-5-3-4-6-13(12)11-15-8-7-14-16-9-10-17-14/h3-6,9-10,15H,2,7-8,11H2,1H3,(H,16,17). The highest BCUT2D eigenvalue weighted by Gasteiger charge is 1.99. The summed E-state index contributed by atoms with van der Waals surface area (Å²) in [5.74, 6) is 1.04. The zero-order valence-electron chi connectivity index (χ0n) is 10.2. The summed E-state index contributed by atoms with van der Waals surface area (Å²) in [7, 11) is 0. The number of benzene rings is 1. The third kappa shape index (κ3) is 3.43. The molecule has 2 N–H and O–H groups in total. The lowest BCUT2D eigenvalue weighted by molar-refractivity contribution is 0.670. The fraction of sp³-hybridized carbons (Fsp3) is 0.357. The first-order chi connectivity index (χ1) is 8.40. The largest absolute Gasteiger partial charge is 0.349 e. The SMILES string of the molecule is CCc1ccccc1CNCCc1ncc[nH]1. The number of aryl methyl sites for hydroxylation is 1. The number of imidazole rings is 1. The van der Waals surface area contributed by atoms with Gasteiger partial charge in [0.2, 0.25) is 0 Å². The molecule has 0 aliphatic rings. The summed E-state index contributed by atoms with van der Waals surface area (Å²) in [6, 6.07) is 8.59. The maximum absolute atomic E-state index is 4.20. The molecule has 17 heavy (non-hydrogen) atoms. The van der Waals surface area contributed by atoms with Crippen LogP contribution in [-0.2, 0) is 19.4 Å². The molecule has 0 saturated heterocycles. The number of aromatic amines is 1. The number of hydrogen-bond acceptors (Lipinski definition) is 2. The van der Waals surface area contributed by atoms with Gasteiger partial charge in [0.15, 0.2) is 0 Å². The molecule has 0 bridgehead atoms. The molecule has 0 atom stereocenters. The Labute approximate surface area is 102 Å². The van der Waals surface area contributed by atoms with Gasteiger partial charge in [-0.15, -0.1) is 0 Å². The third-order valence-electron chi connectivity index (χ3n) is 2.91. The van der Waals surface area contributed by atoms with E-state index in [0.717, 1.165) is 31.8 Å². The van der Waals surface area contributed by atoms with Crippen molar-refractivity contribution in [2.45, 2.75) is 26.3 Å². The van der Waals surface area contributed by atoms with Gasteiger partial charge in [-0.1, -0.05) is 31.2 Å². The molecule has 0 amide bonds. The predicted molar refractivity (Wildman–Crippen MR) is 69.8 cm³/mol. The maximum Gasteiger partial charge on any atom is 0.107 e. The summed E-state index contributed by atoms with van der Waals surface area (Å²) in [5, 5.41) is 3.45. The van der Waals surface area contributed by atoms with Crippen LogP contribution in [0, 0.1) is 0 Å². The molecule has 0 saturated carbocycles. The molecule has 3 heteroatoms. The second-order valence-electron chi connectivity index (χ2n) is 4.08. The molecule has 2 rings (SSSR count). The molecule has 2 aromatic rings. The van der Waals surface area contributed by atoms with Crippen molar-refractivity contribution in [2.75, 3.05) is 6.54 Å². The van der Waals surface area contributed by atoms with Crippen molar-refractivity contribution in [3.8, 4) is 0 Å². The van der Waals surface area contributed by atoms with Crippen LogP contribution in [0.25, 0.3) is 0 Å². The first kappa shape index (κ1) is 11.9. The van der Waals surface area contributed by atoms with E-state index in [0.29, 0.717) is 0 Å². The van der Waals surface area contributed by atoms with Crippen molar-refractivity contribution in [1.29, 1.82) is 0 Å². The summed E-state index contributed by atoms with van der Waals surface area (Å²) in [4.78, 5) is 7.31. The summed E-state index contributed by atoms with van der Waals surface area (Å²) in [6.07, 6.45) is 5.70. The number of nitrogens with one attached hydrogen (secondary N) is 2. The third-order valence-corrected chi connectivity index (χ3v) is 2.91. The lowest BCUT2D eigenvalue weighted by Crippen LogP contribution is -2.18. The minimum atomic E-state index is 0.935. The van der Waals surface area contributed by atoms with Gasteiger partial charge < -0.3 is 10.3 Å². The van der Waals surface area contributed by atoms with Crippen LogP contribution in [0.5, 0.6) is 0 Å². The zero-order valence-corrected chi connectivity index (χ0v) is 10.2. The molecule has 0 aliphatic carbocycles. The minimum Gasteiger partial charge on any atom is -0.349 e. The number of aromatic nitrogens is 2. The van der Waals surface area contributed by atoms with E-state index in [4.69, 9.17) is 0 Å². The van der Waals surface area contributed by atoms with Gasteiger partial charge in [0.1, 0.15) is 5.82 Å². The number of hydrogen-bond donors (Lipinski definition) is 2. The van der Waals surface area contributed by atoms with Crippen LogP contribution in [0.1, 0.15) is 23.9 Å². The monoisotopic (exact) mass is 229 g/mol. The van der Waals surface area contributed by atoms with Gasteiger partial charge in [0.25, 0.3) is 0 Å². The molecular formula is C14H19N3. The van der Waals surface area contributed by atoms with Gasteiger partial charge in [0.05, 0.1) is 0 Å². The minimum absolute atomic E-state index is 0.935. The number of H-pyrrole nitrogens is 1. The molecule has 3 nitrogen and oxygen atoms in total. The topological polar surface area (TPSA) is 40.7 Å². The van der Waals surface area contributed by atoms with E-state index >= 15 is 0 Å². The summed E-state index contributed by atoms with van der Waals surface area (Å²) >= 11 is 0. The molecule has 1 aromatic carbocycles. The van der Waals surface area contributed by atoms with Crippen LogP contribution >= 0.6 is 0 Å². The van der Waals surface area contributed by atoms with Crippen molar-refractivity contribution in [3.63, 3.8) is 0 Å². The highest BCUT2D eigenvalue weighted by molar-refractivity contribution is 5.26. The van der Waals surface area contributed by atoms with Crippen molar-refractivity contribution in [1.82, 2.24) is 15.3 Å². The van der Waals surface area contributed by atoms with Gasteiger partial charge in [-0.25, -0.2) is 4.98 Å². The second-order valence-corrected chi connectivity index (χ2v) is 4.08. The number of nitrogens with zero attached hydrogens (tertiary/aromatic N) is 1. The van der Waals surface area contributed by atoms with Crippen LogP contribution in [0.15, 0.2) is 36.7 Å². The molecule has 0 aliphatic heterocycles. The summed E-state index contributed by atoms with van der Waals surface area (Å²) in [6.45, 7) is 4.08. The van der Waals surface area contributed by atoms with E-state index in [1.165, 1.54) is 11.1 Å². The van der Waals surface area contributed by atoms with Crippen LogP contribution < -0.4 is 5.32 Å². The Hall–Kier alpha value is -1.61. The highest BCUT2D eigenvalue weighted by Crippen LogP contribution is 2.08. The fourth-order valence-corrected chi connectivity index (χ4v) is 1.94. The van der Waals surface area contributed by atoms with Gasteiger partial charge >= 0.3 is 0 Å². The molecular weight excluding hydrogens is 210 g/mol. The van der Waals surface area contributed by atoms with E-state index in [1.807, 2.05) is 6.20 Å². The van der Waals surface area contributed by atoms with Crippen molar-refractivity contribution < 1.29 is 0 Å². The maximum atomic E-state index is 4.20. The summed E-state index contributed by atoms with van der Waals surface area (Å²) < 4.78 is 0. The first-order valence-electron chi connectivity index (χ1n) is 6.16. The molecule has 1 heterocycles. The van der Waals surface area contributed by atoms with E-state index in [9.17, 15) is 0 Å². The van der Waals surface area contributed by atoms with E-state index < -0.39 is 0 Å². The Bertz CT molecular complexity index is 434. The fourth-order valence-electron chi connectivity index (χ4n) is 1.94. The molecule has 0 fully saturated rings.